The summed E-state index contributed by atoms with van der Waals surface area (Å²) in [4.78, 5) is 0. The Hall–Kier alpha value is -1.49. The molecule has 0 bridgehead atoms. The largest absolute Gasteiger partial charge is 0.487 e. The van der Waals surface area contributed by atoms with E-state index in [0.717, 1.165) is 24.0 Å². The van der Waals surface area contributed by atoms with Gasteiger partial charge in [-0.25, -0.2) is 4.68 Å². The molecule has 116 valence electrons. The fourth-order valence-electron chi connectivity index (χ4n) is 1.94. The molecule has 5 nitrogen and oxygen atoms in total. The van der Waals surface area contributed by atoms with Crippen LogP contribution < -0.4 is 4.74 Å². The Morgan fingerprint density at radius 3 is 2.57 bits per heavy atom. The molecule has 0 saturated heterocycles. The Morgan fingerprint density at radius 2 is 1.83 bits per heavy atom. The highest BCUT2D eigenvalue weighted by molar-refractivity contribution is 14.1. The van der Waals surface area contributed by atoms with Gasteiger partial charge in [-0.3, -0.25) is 0 Å². The number of hydrogen-bond acceptors (Lipinski definition) is 4. The lowest BCUT2D eigenvalue weighted by Gasteiger charge is -2.12. The second-order valence-electron chi connectivity index (χ2n) is 4.67. The van der Waals surface area contributed by atoms with Crippen molar-refractivity contribution in [2.24, 2.45) is 5.10 Å². The maximum atomic E-state index is 6.04. The minimum atomic E-state index is 0.519. The molecule has 0 unspecified atom stereocenters. The average molecular weight is 530 g/mol. The highest BCUT2D eigenvalue weighted by atomic mass is 127. The van der Waals surface area contributed by atoms with Gasteiger partial charge in [0.1, 0.15) is 25.0 Å². The Kier molecular flexibility index (Phi) is 5.60. The van der Waals surface area contributed by atoms with E-state index in [1.807, 2.05) is 36.4 Å². The van der Waals surface area contributed by atoms with Crippen molar-refractivity contribution in [1.82, 2.24) is 14.9 Å². The standard InChI is InChI=1S/C16H12I2N4O/c17-14-6-13(8-21-22-10-19-20-11-22)16(15(18)7-14)23-9-12-4-2-1-3-5-12/h1-8,10-11H,9H2/b21-8-. The molecule has 0 atom stereocenters. The molecule has 0 radical (unpaired) electrons. The maximum absolute atomic E-state index is 6.04. The van der Waals surface area contributed by atoms with Gasteiger partial charge in [0.2, 0.25) is 0 Å². The van der Waals surface area contributed by atoms with Crippen molar-refractivity contribution in [3.63, 3.8) is 0 Å². The van der Waals surface area contributed by atoms with Gasteiger partial charge in [-0.15, -0.1) is 10.2 Å². The predicted octanol–water partition coefficient (Wildman–Crippen LogP) is 3.95. The van der Waals surface area contributed by atoms with Crippen LogP contribution in [0.3, 0.4) is 0 Å². The summed E-state index contributed by atoms with van der Waals surface area (Å²) in [6, 6.07) is 14.2. The molecular weight excluding hydrogens is 518 g/mol. The molecule has 7 heteroatoms. The van der Waals surface area contributed by atoms with Crippen LogP contribution >= 0.6 is 45.2 Å². The van der Waals surface area contributed by atoms with Crippen molar-refractivity contribution >= 4 is 51.4 Å². The topological polar surface area (TPSA) is 52.3 Å². The minimum absolute atomic E-state index is 0.519. The summed E-state index contributed by atoms with van der Waals surface area (Å²) in [7, 11) is 0. The number of ether oxygens (including phenoxy) is 1. The van der Waals surface area contributed by atoms with Crippen LogP contribution in [0.4, 0.5) is 0 Å². The number of benzene rings is 2. The molecule has 23 heavy (non-hydrogen) atoms. The van der Waals surface area contributed by atoms with Gasteiger partial charge in [-0.2, -0.15) is 5.10 Å². The molecule has 0 amide bonds. The Labute approximate surface area is 161 Å². The molecule has 2 aromatic carbocycles. The van der Waals surface area contributed by atoms with Crippen molar-refractivity contribution in [2.75, 3.05) is 0 Å². The lowest BCUT2D eigenvalue weighted by atomic mass is 10.2. The van der Waals surface area contributed by atoms with E-state index in [1.165, 1.54) is 0 Å². The zero-order chi connectivity index (χ0) is 16.1. The predicted molar refractivity (Wildman–Crippen MR) is 106 cm³/mol. The second kappa shape index (κ2) is 7.86. The van der Waals surface area contributed by atoms with E-state index >= 15 is 0 Å². The minimum Gasteiger partial charge on any atom is -0.487 e. The van der Waals surface area contributed by atoms with Gasteiger partial charge >= 0.3 is 0 Å². The zero-order valence-corrected chi connectivity index (χ0v) is 16.2. The number of aromatic nitrogens is 3. The first kappa shape index (κ1) is 16.4. The van der Waals surface area contributed by atoms with Crippen molar-refractivity contribution in [3.05, 3.63) is 73.4 Å². The number of nitrogens with zero attached hydrogens (tertiary/aromatic N) is 4. The van der Waals surface area contributed by atoms with E-state index in [2.05, 4.69) is 66.5 Å². The van der Waals surface area contributed by atoms with Crippen molar-refractivity contribution in [3.8, 4) is 5.75 Å². The second-order valence-corrected chi connectivity index (χ2v) is 7.07. The summed E-state index contributed by atoms with van der Waals surface area (Å²) >= 11 is 4.57. The molecule has 1 heterocycles. The highest BCUT2D eigenvalue weighted by Crippen LogP contribution is 2.28. The Bertz CT molecular complexity index is 804. The SMILES string of the molecule is Ic1cc(I)c(OCc2ccccc2)c(/C=N\n2cnnc2)c1. The van der Waals surface area contributed by atoms with Gasteiger partial charge in [0.15, 0.2) is 0 Å². The first-order valence-electron chi connectivity index (χ1n) is 6.77. The molecule has 3 aromatic rings. The van der Waals surface area contributed by atoms with Crippen LogP contribution in [0.15, 0.2) is 60.2 Å². The quantitative estimate of drug-likeness (QED) is 0.371. The zero-order valence-electron chi connectivity index (χ0n) is 11.9. The molecule has 0 aliphatic rings. The molecule has 0 saturated carbocycles. The molecule has 1 aromatic heterocycles. The number of halogens is 2. The van der Waals surface area contributed by atoms with E-state index in [0.29, 0.717) is 6.61 Å². The van der Waals surface area contributed by atoms with E-state index in [-0.39, 0.29) is 0 Å². The average Bonchev–Trinajstić information content (AvgIpc) is 3.06. The fraction of sp³-hybridized carbons (Fsp3) is 0.0625. The molecule has 0 fully saturated rings. The first-order valence-corrected chi connectivity index (χ1v) is 8.93. The van der Waals surface area contributed by atoms with Crippen LogP contribution in [0.25, 0.3) is 0 Å². The van der Waals surface area contributed by atoms with Gasteiger partial charge in [-0.05, 0) is 62.9 Å². The van der Waals surface area contributed by atoms with Crippen molar-refractivity contribution in [1.29, 1.82) is 0 Å². The number of rotatable bonds is 5. The summed E-state index contributed by atoms with van der Waals surface area (Å²) in [6.07, 6.45) is 4.84. The van der Waals surface area contributed by atoms with E-state index in [1.54, 1.807) is 23.5 Å². The van der Waals surface area contributed by atoms with Crippen LogP contribution in [0.5, 0.6) is 5.75 Å². The van der Waals surface area contributed by atoms with E-state index in [9.17, 15) is 0 Å². The van der Waals surface area contributed by atoms with Crippen LogP contribution in [0.2, 0.25) is 0 Å². The van der Waals surface area contributed by atoms with Crippen molar-refractivity contribution < 1.29 is 4.74 Å². The smallest absolute Gasteiger partial charge is 0.142 e. The van der Waals surface area contributed by atoms with Crippen molar-refractivity contribution in [2.45, 2.75) is 6.61 Å². The lowest BCUT2D eigenvalue weighted by Crippen LogP contribution is -2.01. The maximum Gasteiger partial charge on any atom is 0.142 e. The summed E-state index contributed by atoms with van der Waals surface area (Å²) in [6.45, 7) is 0.519. The summed E-state index contributed by atoms with van der Waals surface area (Å²) < 4.78 is 9.77. The Balaban J connectivity index is 1.86. The lowest BCUT2D eigenvalue weighted by molar-refractivity contribution is 0.303. The van der Waals surface area contributed by atoms with E-state index < -0.39 is 0 Å². The molecule has 0 spiro atoms. The molecule has 0 N–H and O–H groups in total. The van der Waals surface area contributed by atoms with Crippen LogP contribution in [-0.4, -0.2) is 21.1 Å². The van der Waals surface area contributed by atoms with Gasteiger partial charge in [0.25, 0.3) is 0 Å². The molecule has 3 rings (SSSR count). The number of hydrogen-bond donors (Lipinski definition) is 0. The van der Waals surface area contributed by atoms with Crippen LogP contribution in [0.1, 0.15) is 11.1 Å². The normalized spacial score (nSPS) is 11.0. The molecule has 0 aliphatic carbocycles. The highest BCUT2D eigenvalue weighted by Gasteiger charge is 2.09. The monoisotopic (exact) mass is 530 g/mol. The third kappa shape index (κ3) is 4.50. The summed E-state index contributed by atoms with van der Waals surface area (Å²) in [5, 5.41) is 11.8. The van der Waals surface area contributed by atoms with Gasteiger partial charge in [0, 0.05) is 9.13 Å². The molecule has 0 aliphatic heterocycles. The van der Waals surface area contributed by atoms with Gasteiger partial charge in [0.05, 0.1) is 9.78 Å². The Morgan fingerprint density at radius 1 is 1.09 bits per heavy atom. The molecular formula is C16H12I2N4O. The van der Waals surface area contributed by atoms with Crippen LogP contribution in [0, 0.1) is 7.14 Å². The van der Waals surface area contributed by atoms with E-state index in [4.69, 9.17) is 4.74 Å². The summed E-state index contributed by atoms with van der Waals surface area (Å²) in [5.41, 5.74) is 2.05. The van der Waals surface area contributed by atoms with Crippen LogP contribution in [-0.2, 0) is 6.61 Å². The van der Waals surface area contributed by atoms with Gasteiger partial charge in [-0.1, -0.05) is 30.3 Å². The third-order valence-electron chi connectivity index (χ3n) is 3.00. The summed E-state index contributed by atoms with van der Waals surface area (Å²) in [5.74, 6) is 0.826. The first-order chi connectivity index (χ1) is 11.2. The third-order valence-corrected chi connectivity index (χ3v) is 4.42. The van der Waals surface area contributed by atoms with Gasteiger partial charge < -0.3 is 4.74 Å². The fourth-order valence-corrected chi connectivity index (χ4v) is 3.99.